The third kappa shape index (κ3) is 4.25. The summed E-state index contributed by atoms with van der Waals surface area (Å²) >= 11 is 0. The Labute approximate surface area is 107 Å². The second kappa shape index (κ2) is 6.86. The molecule has 0 saturated carbocycles. The number of quaternary nitrogens is 1. The molecular weight excluding hydrogens is 234 g/mol. The highest BCUT2D eigenvalue weighted by molar-refractivity contribution is 5.86. The van der Waals surface area contributed by atoms with Gasteiger partial charge in [-0.1, -0.05) is 0 Å². The minimum absolute atomic E-state index is 0.0871. The summed E-state index contributed by atoms with van der Waals surface area (Å²) in [5, 5.41) is 10.8. The molecule has 100 valence electrons. The van der Waals surface area contributed by atoms with Gasteiger partial charge in [-0.05, 0) is 25.1 Å². The molecule has 1 N–H and O–H groups in total. The van der Waals surface area contributed by atoms with Crippen molar-refractivity contribution in [1.82, 2.24) is 0 Å². The molecule has 0 amide bonds. The van der Waals surface area contributed by atoms with Crippen LogP contribution in [-0.4, -0.2) is 39.8 Å². The molecule has 0 aromatic heterocycles. The van der Waals surface area contributed by atoms with Gasteiger partial charge in [0.25, 0.3) is 0 Å². The highest BCUT2D eigenvalue weighted by Gasteiger charge is 2.07. The lowest BCUT2D eigenvalue weighted by Crippen LogP contribution is -3.06. The Hall–Kier alpha value is -1.75. The number of carboxylic acid groups (broad SMARTS) is 1. The van der Waals surface area contributed by atoms with Crippen LogP contribution in [0.5, 0.6) is 11.5 Å². The Morgan fingerprint density at radius 2 is 2.00 bits per heavy atom. The van der Waals surface area contributed by atoms with E-state index in [0.717, 1.165) is 6.54 Å². The largest absolute Gasteiger partial charge is 0.545 e. The smallest absolute Gasteiger partial charge is 0.161 e. The highest BCUT2D eigenvalue weighted by Crippen LogP contribution is 2.28. The average Bonchev–Trinajstić information content (AvgIpc) is 2.30. The number of ether oxygens (including phenoxy) is 2. The van der Waals surface area contributed by atoms with Crippen molar-refractivity contribution in [2.75, 3.05) is 33.9 Å². The molecule has 0 aliphatic rings. The van der Waals surface area contributed by atoms with E-state index in [1.54, 1.807) is 6.07 Å². The van der Waals surface area contributed by atoms with Gasteiger partial charge in [0.05, 0.1) is 26.7 Å². The van der Waals surface area contributed by atoms with Gasteiger partial charge < -0.3 is 24.3 Å². The van der Waals surface area contributed by atoms with Crippen LogP contribution in [0.4, 0.5) is 0 Å². The van der Waals surface area contributed by atoms with Crippen LogP contribution in [0.3, 0.4) is 0 Å². The third-order valence-corrected chi connectivity index (χ3v) is 2.34. The number of hydrogen-bond acceptors (Lipinski definition) is 4. The molecule has 0 spiro atoms. The van der Waals surface area contributed by atoms with E-state index in [-0.39, 0.29) is 5.56 Å². The maximum atomic E-state index is 10.8. The Morgan fingerprint density at radius 1 is 1.28 bits per heavy atom. The van der Waals surface area contributed by atoms with E-state index < -0.39 is 5.97 Å². The quantitative estimate of drug-likeness (QED) is 0.675. The van der Waals surface area contributed by atoms with Gasteiger partial charge in [0.1, 0.15) is 13.2 Å². The van der Waals surface area contributed by atoms with Crippen molar-refractivity contribution in [1.29, 1.82) is 0 Å². The first-order valence-corrected chi connectivity index (χ1v) is 5.94. The van der Waals surface area contributed by atoms with Gasteiger partial charge in [0.2, 0.25) is 0 Å². The Morgan fingerprint density at radius 3 is 2.56 bits per heavy atom. The molecule has 5 nitrogen and oxygen atoms in total. The summed E-state index contributed by atoms with van der Waals surface area (Å²) in [6.07, 6.45) is 0. The lowest BCUT2D eigenvalue weighted by Gasteiger charge is -2.14. The van der Waals surface area contributed by atoms with Crippen LogP contribution in [0.1, 0.15) is 17.3 Å². The van der Waals surface area contributed by atoms with Crippen molar-refractivity contribution in [3.05, 3.63) is 23.8 Å². The molecule has 0 aliphatic carbocycles. The summed E-state index contributed by atoms with van der Waals surface area (Å²) in [5.41, 5.74) is 0.0871. The normalized spacial score (nSPS) is 10.4. The van der Waals surface area contributed by atoms with Crippen LogP contribution < -0.4 is 19.5 Å². The van der Waals surface area contributed by atoms with Gasteiger partial charge in [-0.25, -0.2) is 0 Å². The van der Waals surface area contributed by atoms with E-state index in [1.165, 1.54) is 17.0 Å². The van der Waals surface area contributed by atoms with Gasteiger partial charge in [-0.3, -0.25) is 0 Å². The number of rotatable bonds is 7. The number of nitrogens with one attached hydrogen (secondary N) is 1. The van der Waals surface area contributed by atoms with E-state index >= 15 is 0 Å². The first-order chi connectivity index (χ1) is 8.54. The van der Waals surface area contributed by atoms with Gasteiger partial charge >= 0.3 is 0 Å². The van der Waals surface area contributed by atoms with Crippen molar-refractivity contribution in [3.8, 4) is 11.5 Å². The van der Waals surface area contributed by atoms with Gasteiger partial charge in [0.15, 0.2) is 11.5 Å². The Kier molecular flexibility index (Phi) is 5.45. The molecule has 0 saturated heterocycles. The van der Waals surface area contributed by atoms with E-state index in [4.69, 9.17) is 9.47 Å². The van der Waals surface area contributed by atoms with E-state index in [9.17, 15) is 9.90 Å². The molecule has 0 heterocycles. The van der Waals surface area contributed by atoms with Crippen LogP contribution in [0, 0.1) is 0 Å². The van der Waals surface area contributed by atoms with Gasteiger partial charge in [-0.15, -0.1) is 0 Å². The Bertz CT molecular complexity index is 404. The zero-order valence-electron chi connectivity index (χ0n) is 11.0. The van der Waals surface area contributed by atoms with E-state index in [0.29, 0.717) is 24.7 Å². The van der Waals surface area contributed by atoms with Crippen LogP contribution in [0.25, 0.3) is 0 Å². The molecule has 5 heteroatoms. The number of carbonyl (C=O) groups excluding carboxylic acids is 1. The summed E-state index contributed by atoms with van der Waals surface area (Å²) in [4.78, 5) is 12.0. The monoisotopic (exact) mass is 253 g/mol. The van der Waals surface area contributed by atoms with Crippen LogP contribution in [0.2, 0.25) is 0 Å². The molecule has 1 aromatic carbocycles. The van der Waals surface area contributed by atoms with Crippen molar-refractivity contribution < 1.29 is 24.3 Å². The minimum atomic E-state index is -1.22. The minimum Gasteiger partial charge on any atom is -0.545 e. The summed E-state index contributed by atoms with van der Waals surface area (Å²) < 4.78 is 10.9. The fourth-order valence-corrected chi connectivity index (χ4v) is 1.39. The molecule has 1 rings (SSSR count). The molecule has 0 aliphatic heterocycles. The number of likely N-dealkylation sites (N-methyl/N-ethyl adjacent to an activating group) is 1. The number of aromatic carboxylic acids is 1. The predicted octanol–water partition coefficient (Wildman–Crippen LogP) is -1.03. The second-order valence-electron chi connectivity index (χ2n) is 4.19. The molecule has 18 heavy (non-hydrogen) atoms. The molecule has 0 atom stereocenters. The van der Waals surface area contributed by atoms with Gasteiger partial charge in [-0.2, -0.15) is 0 Å². The molecule has 0 bridgehead atoms. The summed E-state index contributed by atoms with van der Waals surface area (Å²) in [6.45, 7) is 3.69. The topological polar surface area (TPSA) is 63.0 Å². The van der Waals surface area contributed by atoms with Crippen molar-refractivity contribution in [2.24, 2.45) is 0 Å². The summed E-state index contributed by atoms with van der Waals surface area (Å²) in [7, 11) is 4.07. The number of carboxylic acids is 1. The standard InChI is InChI=1S/C13H19NO4/c1-4-17-12-9-10(13(15)16)5-6-11(12)18-8-7-14(2)3/h5-6,9H,4,7-8H2,1-3H3,(H,15,16). The summed E-state index contributed by atoms with van der Waals surface area (Å²) in [6, 6.07) is 4.48. The number of hydrogen-bond donors (Lipinski definition) is 1. The molecule has 0 radical (unpaired) electrons. The maximum Gasteiger partial charge on any atom is 0.161 e. The fraction of sp³-hybridized carbons (Fsp3) is 0.462. The lowest BCUT2D eigenvalue weighted by atomic mass is 10.2. The van der Waals surface area contributed by atoms with Crippen LogP contribution in [0.15, 0.2) is 18.2 Å². The zero-order chi connectivity index (χ0) is 13.5. The SMILES string of the molecule is CCOc1cc(C(=O)[O-])ccc1OCC[NH+](C)C. The fourth-order valence-electron chi connectivity index (χ4n) is 1.39. The number of carbonyl (C=O) groups is 1. The predicted molar refractivity (Wildman–Crippen MR) is 65.1 cm³/mol. The average molecular weight is 253 g/mol. The van der Waals surface area contributed by atoms with Crippen LogP contribution in [-0.2, 0) is 0 Å². The highest BCUT2D eigenvalue weighted by atomic mass is 16.5. The molecule has 0 fully saturated rings. The van der Waals surface area contributed by atoms with Gasteiger partial charge in [0, 0.05) is 5.56 Å². The first kappa shape index (κ1) is 14.3. The first-order valence-electron chi connectivity index (χ1n) is 5.94. The third-order valence-electron chi connectivity index (χ3n) is 2.34. The second-order valence-corrected chi connectivity index (χ2v) is 4.19. The van der Waals surface area contributed by atoms with Crippen molar-refractivity contribution in [2.45, 2.75) is 6.92 Å². The molecule has 0 unspecified atom stereocenters. The molecular formula is C13H19NO4. The van der Waals surface area contributed by atoms with E-state index in [1.807, 2.05) is 21.0 Å². The van der Waals surface area contributed by atoms with Crippen molar-refractivity contribution in [3.63, 3.8) is 0 Å². The van der Waals surface area contributed by atoms with Crippen molar-refractivity contribution >= 4 is 5.97 Å². The number of benzene rings is 1. The zero-order valence-corrected chi connectivity index (χ0v) is 11.0. The summed E-state index contributed by atoms with van der Waals surface area (Å²) in [5.74, 6) is -0.226. The molecule has 1 aromatic rings. The van der Waals surface area contributed by atoms with Crippen LogP contribution >= 0.6 is 0 Å². The Balaban J connectivity index is 2.79. The lowest BCUT2D eigenvalue weighted by molar-refractivity contribution is -0.858. The maximum absolute atomic E-state index is 10.8. The van der Waals surface area contributed by atoms with E-state index in [2.05, 4.69) is 0 Å².